The molecule has 1 aliphatic rings. The van der Waals surface area contributed by atoms with E-state index in [-0.39, 0.29) is 0 Å². The third-order valence-electron chi connectivity index (χ3n) is 0.447. The molecular formula is C2H4N4S. The van der Waals surface area contributed by atoms with E-state index in [1.54, 1.807) is 0 Å². The molecule has 0 aromatic carbocycles. The molecule has 1 aliphatic heterocycles. The number of nitrogens with two attached hydrogens (primary N) is 1. The molecule has 0 aromatic heterocycles. The van der Waals surface area contributed by atoms with Crippen molar-refractivity contribution in [3.63, 3.8) is 0 Å². The van der Waals surface area contributed by atoms with E-state index in [9.17, 15) is 0 Å². The zero-order valence-corrected chi connectivity index (χ0v) is 4.27. The first kappa shape index (κ1) is 4.45. The van der Waals surface area contributed by atoms with Gasteiger partial charge in [-0.15, -0.1) is 0 Å². The van der Waals surface area contributed by atoms with E-state index in [2.05, 4.69) is 14.1 Å². The fourth-order valence-corrected chi connectivity index (χ4v) is 0.502. The van der Waals surface area contributed by atoms with Crippen LogP contribution < -0.4 is 10.5 Å². The Kier molecular flexibility index (Phi) is 1.16. The maximum atomic E-state index is 5.16. The number of nitrogens with zero attached hydrogens (tertiary/aromatic N) is 2. The Morgan fingerprint density at radius 1 is 1.86 bits per heavy atom. The number of aliphatic imine (C=N–C) groups is 1. The highest BCUT2D eigenvalue weighted by Crippen LogP contribution is 1.94. The van der Waals surface area contributed by atoms with E-state index in [4.69, 9.17) is 5.73 Å². The average molecular weight is 116 g/mol. The van der Waals surface area contributed by atoms with Crippen molar-refractivity contribution in [2.75, 3.05) is 0 Å². The van der Waals surface area contributed by atoms with Crippen LogP contribution >= 0.6 is 12.1 Å². The van der Waals surface area contributed by atoms with Crippen LogP contribution in [0.1, 0.15) is 0 Å². The minimum atomic E-state index is 0.403. The second-order valence-corrected chi connectivity index (χ2v) is 1.53. The van der Waals surface area contributed by atoms with Gasteiger partial charge >= 0.3 is 0 Å². The summed E-state index contributed by atoms with van der Waals surface area (Å²) in [5.41, 5.74) is 5.16. The summed E-state index contributed by atoms with van der Waals surface area (Å²) in [4.78, 5) is 3.60. The van der Waals surface area contributed by atoms with Crippen molar-refractivity contribution in [2.45, 2.75) is 0 Å². The Morgan fingerprint density at radius 2 is 2.71 bits per heavy atom. The molecule has 0 amide bonds. The van der Waals surface area contributed by atoms with Gasteiger partial charge in [0.2, 0.25) is 5.96 Å². The Morgan fingerprint density at radius 3 is 3.00 bits per heavy atom. The van der Waals surface area contributed by atoms with Crippen molar-refractivity contribution in [1.29, 1.82) is 0 Å². The van der Waals surface area contributed by atoms with Crippen molar-refractivity contribution in [3.8, 4) is 0 Å². The van der Waals surface area contributed by atoms with Gasteiger partial charge in [-0.3, -0.25) is 4.72 Å². The van der Waals surface area contributed by atoms with Crippen LogP contribution in [-0.2, 0) is 0 Å². The molecule has 1 heterocycles. The maximum absolute atomic E-state index is 5.16. The highest BCUT2D eigenvalue weighted by atomic mass is 32.2. The van der Waals surface area contributed by atoms with Crippen LogP contribution in [0.15, 0.2) is 9.39 Å². The van der Waals surface area contributed by atoms with Gasteiger partial charge < -0.3 is 5.73 Å². The molecule has 1 rings (SSSR count). The van der Waals surface area contributed by atoms with Crippen LogP contribution in [0.25, 0.3) is 0 Å². The number of hydrogen-bond acceptors (Lipinski definition) is 5. The first-order valence-corrected chi connectivity index (χ1v) is 2.44. The molecule has 0 saturated heterocycles. The molecule has 7 heavy (non-hydrogen) atoms. The smallest absolute Gasteiger partial charge is 0.206 e. The molecule has 0 unspecified atom stereocenters. The molecule has 0 atom stereocenters. The lowest BCUT2D eigenvalue weighted by atomic mass is 11.0. The van der Waals surface area contributed by atoms with Crippen LogP contribution in [0.3, 0.4) is 0 Å². The summed E-state index contributed by atoms with van der Waals surface area (Å²) in [6.45, 7) is 0. The molecule has 4 nitrogen and oxygen atoms in total. The standard InChI is InChI=1S/C2H4N4S/c3-2-4-1-5-7-6-2/h1H,(H3,3,4,5,6). The van der Waals surface area contributed by atoms with Crippen molar-refractivity contribution < 1.29 is 0 Å². The van der Waals surface area contributed by atoms with Gasteiger partial charge in [-0.1, -0.05) is 0 Å². The topological polar surface area (TPSA) is 62.8 Å². The third-order valence-corrected chi connectivity index (χ3v) is 0.947. The van der Waals surface area contributed by atoms with Crippen molar-refractivity contribution in [2.24, 2.45) is 15.1 Å². The summed E-state index contributed by atoms with van der Waals surface area (Å²) in [5.74, 6) is 0.403. The number of nitrogens with one attached hydrogen (secondary N) is 1. The minimum absolute atomic E-state index is 0.403. The van der Waals surface area contributed by atoms with Crippen LogP contribution in [-0.4, -0.2) is 12.3 Å². The van der Waals surface area contributed by atoms with Gasteiger partial charge in [0.1, 0.15) is 6.34 Å². The average Bonchev–Trinajstić information content (AvgIpc) is 1.69. The SMILES string of the molecule is NC1=NC=NSN1. The molecule has 0 spiro atoms. The first-order valence-electron chi connectivity index (χ1n) is 1.67. The Labute approximate surface area is 45.2 Å². The Bertz CT molecular complexity index is 117. The fourth-order valence-electron chi connectivity index (χ4n) is 0.209. The number of hydrogen-bond donors (Lipinski definition) is 2. The number of rotatable bonds is 0. The molecule has 0 saturated carbocycles. The van der Waals surface area contributed by atoms with Gasteiger partial charge in [0.15, 0.2) is 0 Å². The highest BCUT2D eigenvalue weighted by molar-refractivity contribution is 7.96. The molecule has 0 aromatic rings. The normalized spacial score (nSPS) is 18.0. The quantitative estimate of drug-likeness (QED) is 0.419. The summed E-state index contributed by atoms with van der Waals surface area (Å²) in [6.07, 6.45) is 1.40. The van der Waals surface area contributed by atoms with E-state index in [1.807, 2.05) is 0 Å². The molecule has 5 heteroatoms. The fraction of sp³-hybridized carbons (Fsp3) is 0. The van der Waals surface area contributed by atoms with Gasteiger partial charge in [0.25, 0.3) is 0 Å². The van der Waals surface area contributed by atoms with E-state index >= 15 is 0 Å². The second kappa shape index (κ2) is 1.83. The molecule has 0 fully saturated rings. The Hall–Kier alpha value is -0.710. The molecule has 0 aliphatic carbocycles. The maximum Gasteiger partial charge on any atom is 0.206 e. The molecular weight excluding hydrogens is 112 g/mol. The van der Waals surface area contributed by atoms with Gasteiger partial charge in [0, 0.05) is 0 Å². The van der Waals surface area contributed by atoms with Crippen molar-refractivity contribution in [3.05, 3.63) is 0 Å². The van der Waals surface area contributed by atoms with Gasteiger partial charge in [0.05, 0.1) is 12.1 Å². The zero-order valence-electron chi connectivity index (χ0n) is 3.46. The van der Waals surface area contributed by atoms with E-state index in [0.717, 1.165) is 0 Å². The second-order valence-electron chi connectivity index (χ2n) is 0.929. The Balaban J connectivity index is 2.57. The largest absolute Gasteiger partial charge is 0.369 e. The van der Waals surface area contributed by atoms with Gasteiger partial charge in [-0.2, -0.15) is 4.40 Å². The minimum Gasteiger partial charge on any atom is -0.369 e. The highest BCUT2D eigenvalue weighted by Gasteiger charge is 1.90. The van der Waals surface area contributed by atoms with Crippen LogP contribution in [0.5, 0.6) is 0 Å². The van der Waals surface area contributed by atoms with Gasteiger partial charge in [-0.05, 0) is 0 Å². The predicted octanol–water partition coefficient (Wildman–Crippen LogP) is -0.504. The molecule has 0 radical (unpaired) electrons. The summed E-state index contributed by atoms with van der Waals surface area (Å²) in [6, 6.07) is 0. The van der Waals surface area contributed by atoms with Crippen molar-refractivity contribution in [1.82, 2.24) is 4.72 Å². The van der Waals surface area contributed by atoms with Crippen LogP contribution in [0.2, 0.25) is 0 Å². The lowest BCUT2D eigenvalue weighted by molar-refractivity contribution is 1.38. The van der Waals surface area contributed by atoms with Crippen LogP contribution in [0, 0.1) is 0 Å². The zero-order chi connectivity index (χ0) is 5.11. The summed E-state index contributed by atoms with van der Waals surface area (Å²) in [5, 5.41) is 0. The lowest BCUT2D eigenvalue weighted by Gasteiger charge is -1.99. The van der Waals surface area contributed by atoms with Crippen molar-refractivity contribution >= 4 is 24.4 Å². The lowest BCUT2D eigenvalue weighted by Crippen LogP contribution is -2.26. The molecule has 3 N–H and O–H groups in total. The summed E-state index contributed by atoms with van der Waals surface area (Å²) >= 11 is 1.17. The summed E-state index contributed by atoms with van der Waals surface area (Å²) in [7, 11) is 0. The number of guanidine groups is 1. The van der Waals surface area contributed by atoms with E-state index < -0.39 is 0 Å². The predicted molar refractivity (Wildman–Crippen MR) is 30.8 cm³/mol. The van der Waals surface area contributed by atoms with Crippen LogP contribution in [0.4, 0.5) is 0 Å². The molecule has 0 bridgehead atoms. The van der Waals surface area contributed by atoms with E-state index in [0.29, 0.717) is 5.96 Å². The third kappa shape index (κ3) is 1.08. The first-order chi connectivity index (χ1) is 3.39. The van der Waals surface area contributed by atoms with E-state index in [1.165, 1.54) is 18.5 Å². The summed E-state index contributed by atoms with van der Waals surface area (Å²) < 4.78 is 6.27. The van der Waals surface area contributed by atoms with Gasteiger partial charge in [-0.25, -0.2) is 4.99 Å². The monoisotopic (exact) mass is 116 g/mol. The molecule has 38 valence electrons.